The first-order valence-corrected chi connectivity index (χ1v) is 10.2. The zero-order valence-corrected chi connectivity index (χ0v) is 18.3. The van der Waals surface area contributed by atoms with Gasteiger partial charge >= 0.3 is 12.2 Å². The van der Waals surface area contributed by atoms with E-state index in [2.05, 4.69) is 15.4 Å². The van der Waals surface area contributed by atoms with Crippen LogP contribution in [0.2, 0.25) is 0 Å². The molecule has 3 amide bonds. The number of aryl methyl sites for hydroxylation is 1. The normalized spacial score (nSPS) is 14.7. The number of amides is 3. The van der Waals surface area contributed by atoms with Crippen LogP contribution in [-0.4, -0.2) is 59.1 Å². The molecule has 0 bridgehead atoms. The number of carbonyl (C=O) groups is 2. The maximum absolute atomic E-state index is 12.9. The topological polar surface area (TPSA) is 112 Å². The summed E-state index contributed by atoms with van der Waals surface area (Å²) in [6.07, 6.45) is -1.42. The van der Waals surface area contributed by atoms with E-state index in [1.807, 2.05) is 10.2 Å². The molecule has 1 saturated heterocycles. The molecule has 3 rings (SSSR count). The van der Waals surface area contributed by atoms with Gasteiger partial charge in [0.05, 0.1) is 5.69 Å². The van der Waals surface area contributed by atoms with Crippen LogP contribution in [0, 0.1) is 0 Å². The lowest BCUT2D eigenvalue weighted by molar-refractivity contribution is -0.149. The van der Waals surface area contributed by atoms with Crippen LogP contribution in [0.3, 0.4) is 0 Å². The molecule has 0 radical (unpaired) electrons. The van der Waals surface area contributed by atoms with E-state index in [0.29, 0.717) is 18.8 Å². The SMILES string of the molecule is C[C@@H](NC(=O)c1ccc(N2CCCC2)c(N(C)C(=O)Nc2ccnn(C)c2=O)n1)C(F)(F)F. The smallest absolute Gasteiger partial charge is 0.369 e. The summed E-state index contributed by atoms with van der Waals surface area (Å²) in [5, 5.41) is 8.12. The van der Waals surface area contributed by atoms with Crippen molar-refractivity contribution in [3.8, 4) is 0 Å². The van der Waals surface area contributed by atoms with Crippen LogP contribution < -0.4 is 26.0 Å². The molecule has 178 valence electrons. The Balaban J connectivity index is 1.92. The van der Waals surface area contributed by atoms with Crippen molar-refractivity contribution in [3.63, 3.8) is 0 Å². The van der Waals surface area contributed by atoms with E-state index in [1.165, 1.54) is 32.4 Å². The molecule has 1 aliphatic rings. The largest absolute Gasteiger partial charge is 0.408 e. The summed E-state index contributed by atoms with van der Waals surface area (Å²) in [7, 11) is 2.82. The highest BCUT2D eigenvalue weighted by atomic mass is 19.4. The van der Waals surface area contributed by atoms with Crippen LogP contribution >= 0.6 is 0 Å². The maximum Gasteiger partial charge on any atom is 0.408 e. The molecule has 2 aromatic heterocycles. The van der Waals surface area contributed by atoms with Gasteiger partial charge in [0, 0.05) is 33.4 Å². The van der Waals surface area contributed by atoms with Crippen LogP contribution in [0.25, 0.3) is 0 Å². The predicted octanol–water partition coefficient (Wildman–Crippen LogP) is 2.12. The van der Waals surface area contributed by atoms with Crippen molar-refractivity contribution in [2.24, 2.45) is 7.05 Å². The molecule has 2 aromatic rings. The summed E-state index contributed by atoms with van der Waals surface area (Å²) in [5.74, 6) is -0.946. The van der Waals surface area contributed by atoms with Crippen LogP contribution in [0.4, 0.5) is 35.2 Å². The first-order valence-electron chi connectivity index (χ1n) is 10.2. The molecule has 3 heterocycles. The van der Waals surface area contributed by atoms with Gasteiger partial charge < -0.3 is 15.5 Å². The van der Waals surface area contributed by atoms with Crippen molar-refractivity contribution in [2.45, 2.75) is 32.0 Å². The van der Waals surface area contributed by atoms with Crippen molar-refractivity contribution in [1.29, 1.82) is 0 Å². The molecule has 33 heavy (non-hydrogen) atoms. The van der Waals surface area contributed by atoms with Gasteiger partial charge in [-0.15, -0.1) is 0 Å². The van der Waals surface area contributed by atoms with Crippen molar-refractivity contribution in [2.75, 3.05) is 35.3 Å². The standard InChI is InChI=1S/C20H24F3N7O3/c1-12(20(21,22)23)25-17(31)13-6-7-15(30-10-4-5-11-30)16(26-13)28(2)19(33)27-14-8-9-24-29(3)18(14)32/h6-9,12H,4-5,10-11H2,1-3H3,(H,25,31)(H,27,33)/t12-/m1/s1. The van der Waals surface area contributed by atoms with Crippen molar-refractivity contribution >= 4 is 29.1 Å². The van der Waals surface area contributed by atoms with Crippen molar-refractivity contribution < 1.29 is 22.8 Å². The Morgan fingerprint density at radius 1 is 1.18 bits per heavy atom. The fourth-order valence-corrected chi connectivity index (χ4v) is 3.27. The fourth-order valence-electron chi connectivity index (χ4n) is 3.27. The van der Waals surface area contributed by atoms with E-state index < -0.39 is 29.7 Å². The van der Waals surface area contributed by atoms with Gasteiger partial charge in [0.2, 0.25) is 0 Å². The lowest BCUT2D eigenvalue weighted by Crippen LogP contribution is -2.43. The molecule has 0 spiro atoms. The van der Waals surface area contributed by atoms with Crippen LogP contribution in [0.1, 0.15) is 30.3 Å². The maximum atomic E-state index is 12.9. The van der Waals surface area contributed by atoms with E-state index in [1.54, 1.807) is 6.07 Å². The van der Waals surface area contributed by atoms with Gasteiger partial charge in [-0.25, -0.2) is 14.5 Å². The summed E-state index contributed by atoms with van der Waals surface area (Å²) in [6.45, 7) is 2.23. The summed E-state index contributed by atoms with van der Waals surface area (Å²) in [5.41, 5.74) is -0.266. The third kappa shape index (κ3) is 5.41. The first-order chi connectivity index (χ1) is 15.5. The number of carbonyl (C=O) groups excluding carboxylic acids is 2. The summed E-state index contributed by atoms with van der Waals surface area (Å²) >= 11 is 0. The van der Waals surface area contributed by atoms with Gasteiger partial charge in [-0.1, -0.05) is 0 Å². The average molecular weight is 467 g/mol. The summed E-state index contributed by atoms with van der Waals surface area (Å²) in [6, 6.07) is 1.42. The zero-order valence-electron chi connectivity index (χ0n) is 18.3. The van der Waals surface area contributed by atoms with E-state index in [-0.39, 0.29) is 17.2 Å². The minimum atomic E-state index is -4.61. The second-order valence-corrected chi connectivity index (χ2v) is 7.63. The number of pyridine rings is 1. The Hall–Kier alpha value is -3.64. The quantitative estimate of drug-likeness (QED) is 0.697. The number of halogens is 3. The van der Waals surface area contributed by atoms with Crippen LogP contribution in [0.15, 0.2) is 29.2 Å². The molecule has 10 nitrogen and oxygen atoms in total. The highest BCUT2D eigenvalue weighted by Crippen LogP contribution is 2.30. The average Bonchev–Trinajstić information content (AvgIpc) is 3.30. The molecular weight excluding hydrogens is 443 g/mol. The second kappa shape index (κ2) is 9.46. The van der Waals surface area contributed by atoms with Crippen LogP contribution in [0.5, 0.6) is 0 Å². The Kier molecular flexibility index (Phi) is 6.89. The molecule has 0 saturated carbocycles. The number of nitrogens with one attached hydrogen (secondary N) is 2. The van der Waals surface area contributed by atoms with Gasteiger partial charge in [0.25, 0.3) is 11.5 Å². The molecule has 0 unspecified atom stereocenters. The minimum absolute atomic E-state index is 0.0139. The number of urea groups is 1. The highest BCUT2D eigenvalue weighted by Gasteiger charge is 2.37. The zero-order chi connectivity index (χ0) is 24.3. The van der Waals surface area contributed by atoms with E-state index in [9.17, 15) is 27.6 Å². The van der Waals surface area contributed by atoms with Gasteiger partial charge in [0.1, 0.15) is 17.4 Å². The number of hydrogen-bond acceptors (Lipinski definition) is 6. The number of aromatic nitrogens is 3. The Morgan fingerprint density at radius 3 is 2.48 bits per heavy atom. The van der Waals surface area contributed by atoms with Gasteiger partial charge in [-0.05, 0) is 38.0 Å². The van der Waals surface area contributed by atoms with Crippen LogP contribution in [-0.2, 0) is 7.05 Å². The summed E-state index contributed by atoms with van der Waals surface area (Å²) in [4.78, 5) is 44.7. The Labute approximate surface area is 187 Å². The lowest BCUT2D eigenvalue weighted by atomic mass is 10.2. The van der Waals surface area contributed by atoms with Crippen molar-refractivity contribution in [1.82, 2.24) is 20.1 Å². The fraction of sp³-hybridized carbons (Fsp3) is 0.450. The van der Waals surface area contributed by atoms with Crippen molar-refractivity contribution in [3.05, 3.63) is 40.4 Å². The van der Waals surface area contributed by atoms with Gasteiger partial charge in [-0.2, -0.15) is 18.3 Å². The third-order valence-corrected chi connectivity index (χ3v) is 5.24. The molecule has 2 N–H and O–H groups in total. The van der Waals surface area contributed by atoms with E-state index in [0.717, 1.165) is 29.3 Å². The molecule has 13 heteroatoms. The highest BCUT2D eigenvalue weighted by molar-refractivity contribution is 6.03. The molecule has 1 atom stereocenters. The Morgan fingerprint density at radius 2 is 1.85 bits per heavy atom. The van der Waals surface area contributed by atoms with Gasteiger partial charge in [0.15, 0.2) is 5.82 Å². The molecular formula is C20H24F3N7O3. The number of hydrogen-bond donors (Lipinski definition) is 2. The second-order valence-electron chi connectivity index (χ2n) is 7.63. The third-order valence-electron chi connectivity index (χ3n) is 5.24. The van der Waals surface area contributed by atoms with E-state index >= 15 is 0 Å². The molecule has 1 fully saturated rings. The monoisotopic (exact) mass is 467 g/mol. The number of nitrogens with zero attached hydrogens (tertiary/aromatic N) is 5. The summed E-state index contributed by atoms with van der Waals surface area (Å²) < 4.78 is 39.6. The predicted molar refractivity (Wildman–Crippen MR) is 116 cm³/mol. The van der Waals surface area contributed by atoms with Gasteiger partial charge in [-0.3, -0.25) is 14.5 Å². The van der Waals surface area contributed by atoms with E-state index in [4.69, 9.17) is 0 Å². The lowest BCUT2D eigenvalue weighted by Gasteiger charge is -2.26. The Bertz CT molecular complexity index is 1100. The molecule has 0 aromatic carbocycles. The molecule has 1 aliphatic heterocycles. The number of anilines is 3. The molecule has 0 aliphatic carbocycles. The minimum Gasteiger partial charge on any atom is -0.369 e. The first kappa shape index (κ1) is 24.0. The number of alkyl halides is 3. The number of rotatable bonds is 5.